The zero-order chi connectivity index (χ0) is 19.7. The van der Waals surface area contributed by atoms with Crippen LogP contribution in [0.3, 0.4) is 0 Å². The first kappa shape index (κ1) is 19.7. The second-order valence-electron chi connectivity index (χ2n) is 5.65. The summed E-state index contributed by atoms with van der Waals surface area (Å²) in [5, 5.41) is 5.83. The topological polar surface area (TPSA) is 68.2 Å². The van der Waals surface area contributed by atoms with Gasteiger partial charge in [0.15, 0.2) is 5.75 Å². The molecule has 1 heterocycles. The Balaban J connectivity index is 2.05. The predicted octanol–water partition coefficient (Wildman–Crippen LogP) is 4.92. The Morgan fingerprint density at radius 2 is 1.85 bits per heavy atom. The lowest BCUT2D eigenvalue weighted by atomic mass is 10.1. The van der Waals surface area contributed by atoms with E-state index in [1.54, 1.807) is 12.1 Å². The molecule has 0 saturated heterocycles. The van der Waals surface area contributed by atoms with Crippen LogP contribution in [0.4, 0.5) is 0 Å². The number of hydrogen-bond acceptors (Lipinski definition) is 5. The van der Waals surface area contributed by atoms with Crippen molar-refractivity contribution < 1.29 is 19.1 Å². The van der Waals surface area contributed by atoms with Gasteiger partial charge in [-0.1, -0.05) is 39.1 Å². The Morgan fingerprint density at radius 1 is 1.19 bits per heavy atom. The Bertz CT molecular complexity index is 947. The summed E-state index contributed by atoms with van der Waals surface area (Å²) in [6.45, 7) is 2.60. The Hall–Kier alpha value is -2.09. The van der Waals surface area contributed by atoms with Crippen LogP contribution < -0.4 is 4.74 Å². The molecule has 2 aromatic carbocycles. The van der Waals surface area contributed by atoms with Gasteiger partial charge in [0.05, 0.1) is 10.6 Å². The number of carbonyl (C=O) groups excluding carboxylic acids is 2. The van der Waals surface area contributed by atoms with Crippen LogP contribution >= 0.6 is 39.1 Å². The van der Waals surface area contributed by atoms with Crippen LogP contribution in [-0.4, -0.2) is 22.8 Å². The zero-order valence-corrected chi connectivity index (χ0v) is 17.3. The molecule has 6 nitrogen and oxygen atoms in total. The van der Waals surface area contributed by atoms with E-state index in [2.05, 4.69) is 21.0 Å². The molecule has 0 aromatic heterocycles. The Kier molecular flexibility index (Phi) is 5.74. The molecule has 3 rings (SSSR count). The normalized spacial score (nSPS) is 16.0. The van der Waals surface area contributed by atoms with Crippen LogP contribution in [0.2, 0.25) is 10.0 Å². The summed E-state index contributed by atoms with van der Waals surface area (Å²) in [5.41, 5.74) is 0.989. The molecule has 140 valence electrons. The summed E-state index contributed by atoms with van der Waals surface area (Å²) in [4.78, 5) is 23.6. The molecule has 2 aromatic rings. The maximum absolute atomic E-state index is 12.1. The smallest absolute Gasteiger partial charge is 0.308 e. The number of benzene rings is 2. The van der Waals surface area contributed by atoms with E-state index < -0.39 is 12.2 Å². The number of carbonyl (C=O) groups is 2. The average Bonchev–Trinajstić information content (AvgIpc) is 3.03. The monoisotopic (exact) mass is 470 g/mol. The van der Waals surface area contributed by atoms with Crippen molar-refractivity contribution in [3.63, 3.8) is 0 Å². The van der Waals surface area contributed by atoms with Crippen molar-refractivity contribution in [3.8, 4) is 5.75 Å². The number of nitrogens with zero attached hydrogens (tertiary/aromatic N) is 2. The highest BCUT2D eigenvalue weighted by Crippen LogP contribution is 2.41. The number of amides is 1. The highest BCUT2D eigenvalue weighted by atomic mass is 79.9. The van der Waals surface area contributed by atoms with Gasteiger partial charge < -0.3 is 9.47 Å². The number of rotatable bonds is 3. The summed E-state index contributed by atoms with van der Waals surface area (Å²) in [6.07, 6.45) is -0.980. The lowest BCUT2D eigenvalue weighted by molar-refractivity contribution is -0.135. The van der Waals surface area contributed by atoms with Gasteiger partial charge in [0.2, 0.25) is 18.0 Å². The van der Waals surface area contributed by atoms with Gasteiger partial charge in [-0.3, -0.25) is 9.59 Å². The summed E-state index contributed by atoms with van der Waals surface area (Å²) < 4.78 is 12.0. The lowest BCUT2D eigenvalue weighted by Gasteiger charge is -2.22. The number of halogens is 3. The third-order valence-corrected chi connectivity index (χ3v) is 4.63. The van der Waals surface area contributed by atoms with E-state index in [1.807, 2.05) is 12.1 Å². The van der Waals surface area contributed by atoms with E-state index in [-0.39, 0.29) is 22.6 Å². The fraction of sp³-hybridized carbons (Fsp3) is 0.167. The molecule has 27 heavy (non-hydrogen) atoms. The first-order chi connectivity index (χ1) is 12.8. The van der Waals surface area contributed by atoms with E-state index in [0.717, 1.165) is 9.48 Å². The van der Waals surface area contributed by atoms with Gasteiger partial charge >= 0.3 is 5.97 Å². The third kappa shape index (κ3) is 4.26. The molecule has 0 N–H and O–H groups in total. The first-order valence-electron chi connectivity index (χ1n) is 7.74. The molecular formula is C18H13BrCl2N2O4. The van der Waals surface area contributed by atoms with Crippen molar-refractivity contribution in [2.24, 2.45) is 5.10 Å². The van der Waals surface area contributed by atoms with Crippen LogP contribution in [-0.2, 0) is 14.3 Å². The molecule has 9 heteroatoms. The van der Waals surface area contributed by atoms with E-state index in [0.29, 0.717) is 16.1 Å². The minimum absolute atomic E-state index is 0.0667. The van der Waals surface area contributed by atoms with Gasteiger partial charge in [-0.05, 0) is 36.4 Å². The van der Waals surface area contributed by atoms with E-state index in [1.165, 1.54) is 26.0 Å². The van der Waals surface area contributed by atoms with Crippen molar-refractivity contribution >= 4 is 56.9 Å². The maximum atomic E-state index is 12.1. The Labute approximate surface area is 173 Å². The molecule has 0 bridgehead atoms. The number of esters is 1. The molecule has 0 saturated carbocycles. The molecule has 0 aliphatic carbocycles. The van der Waals surface area contributed by atoms with Crippen molar-refractivity contribution in [2.45, 2.75) is 20.1 Å². The van der Waals surface area contributed by atoms with Crippen LogP contribution in [0, 0.1) is 0 Å². The van der Waals surface area contributed by atoms with E-state index in [9.17, 15) is 9.59 Å². The van der Waals surface area contributed by atoms with E-state index >= 15 is 0 Å². The molecule has 0 spiro atoms. The van der Waals surface area contributed by atoms with Crippen molar-refractivity contribution in [1.29, 1.82) is 0 Å². The molecule has 1 atom stereocenters. The molecule has 0 unspecified atom stereocenters. The molecular weight excluding hydrogens is 459 g/mol. The summed E-state index contributed by atoms with van der Waals surface area (Å²) in [6, 6.07) is 10.2. The van der Waals surface area contributed by atoms with Gasteiger partial charge in [0.25, 0.3) is 0 Å². The van der Waals surface area contributed by atoms with Gasteiger partial charge in [0, 0.05) is 28.9 Å². The second kappa shape index (κ2) is 7.88. The zero-order valence-electron chi connectivity index (χ0n) is 14.2. The predicted molar refractivity (Wildman–Crippen MR) is 105 cm³/mol. The molecule has 1 amide bonds. The number of ether oxygens (including phenoxy) is 2. The Morgan fingerprint density at radius 3 is 2.44 bits per heavy atom. The molecule has 1 aliphatic heterocycles. The highest BCUT2D eigenvalue weighted by molar-refractivity contribution is 9.10. The molecule has 0 fully saturated rings. The van der Waals surface area contributed by atoms with Gasteiger partial charge in [-0.2, -0.15) is 5.01 Å². The SMILES string of the molecule is CC(=O)Oc1c(Cl)cc(Cl)cc1[C@@H]1OC(c2ccc(Br)cc2)=NN1C(C)=O. The average molecular weight is 472 g/mol. The van der Waals surface area contributed by atoms with Crippen LogP contribution in [0.25, 0.3) is 0 Å². The standard InChI is InChI=1S/C18H13BrCl2N2O4/c1-9(24)23-18(27-17(22-23)11-3-5-12(19)6-4-11)14-7-13(20)8-15(21)16(14)26-10(2)25/h3-8,18H,1-2H3/t18-/m0/s1. The maximum Gasteiger partial charge on any atom is 0.308 e. The van der Waals surface area contributed by atoms with Crippen LogP contribution in [0.5, 0.6) is 5.75 Å². The fourth-order valence-electron chi connectivity index (χ4n) is 2.49. The number of hydrogen-bond donors (Lipinski definition) is 0. The van der Waals surface area contributed by atoms with Gasteiger partial charge in [-0.15, -0.1) is 5.10 Å². The third-order valence-electron chi connectivity index (χ3n) is 3.61. The van der Waals surface area contributed by atoms with Gasteiger partial charge in [0.1, 0.15) is 0 Å². The van der Waals surface area contributed by atoms with Crippen molar-refractivity contribution in [3.05, 3.63) is 62.0 Å². The summed E-state index contributed by atoms with van der Waals surface area (Å²) >= 11 is 15.7. The van der Waals surface area contributed by atoms with Crippen LogP contribution in [0.15, 0.2) is 46.0 Å². The minimum atomic E-state index is -0.980. The summed E-state index contributed by atoms with van der Waals surface area (Å²) in [5.74, 6) is -0.622. The minimum Gasteiger partial charge on any atom is -0.446 e. The fourth-order valence-corrected chi connectivity index (χ4v) is 3.31. The van der Waals surface area contributed by atoms with Crippen molar-refractivity contribution in [1.82, 2.24) is 5.01 Å². The largest absolute Gasteiger partial charge is 0.446 e. The molecule has 1 aliphatic rings. The quantitative estimate of drug-likeness (QED) is 0.470. The molecule has 0 radical (unpaired) electrons. The highest BCUT2D eigenvalue weighted by Gasteiger charge is 2.36. The lowest BCUT2D eigenvalue weighted by Crippen LogP contribution is -2.26. The van der Waals surface area contributed by atoms with Crippen molar-refractivity contribution in [2.75, 3.05) is 0 Å². The first-order valence-corrected chi connectivity index (χ1v) is 9.29. The van der Waals surface area contributed by atoms with E-state index in [4.69, 9.17) is 32.7 Å². The van der Waals surface area contributed by atoms with Gasteiger partial charge in [-0.25, -0.2) is 0 Å². The summed E-state index contributed by atoms with van der Waals surface area (Å²) in [7, 11) is 0. The second-order valence-corrected chi connectivity index (χ2v) is 7.40. The number of hydrazone groups is 1. The van der Waals surface area contributed by atoms with Crippen LogP contribution in [0.1, 0.15) is 31.2 Å².